The lowest BCUT2D eigenvalue weighted by molar-refractivity contribution is 0.296. The Hall–Kier alpha value is -0.890. The summed E-state index contributed by atoms with van der Waals surface area (Å²) in [6, 6.07) is 5.06. The standard InChI is InChI=1S/C19H32N2/c1-3-12-20-19(13-17-8-6-5-7-9-17)14-18-11-10-16(4-2)15-21-18/h10-11,15,17,19-20H,3-9,12-14H2,1-2H3. The zero-order chi connectivity index (χ0) is 14.9. The van der Waals surface area contributed by atoms with Crippen LogP contribution in [0.5, 0.6) is 0 Å². The van der Waals surface area contributed by atoms with E-state index in [1.54, 1.807) is 0 Å². The molecule has 1 heterocycles. The van der Waals surface area contributed by atoms with Crippen LogP contribution in [0.15, 0.2) is 18.3 Å². The molecule has 21 heavy (non-hydrogen) atoms. The van der Waals surface area contributed by atoms with Gasteiger partial charge in [-0.05, 0) is 43.4 Å². The highest BCUT2D eigenvalue weighted by atomic mass is 14.9. The summed E-state index contributed by atoms with van der Waals surface area (Å²) in [4.78, 5) is 4.65. The van der Waals surface area contributed by atoms with Gasteiger partial charge in [0.25, 0.3) is 0 Å². The minimum Gasteiger partial charge on any atom is -0.314 e. The van der Waals surface area contributed by atoms with Gasteiger partial charge in [-0.2, -0.15) is 0 Å². The Morgan fingerprint density at radius 2 is 2.00 bits per heavy atom. The quantitative estimate of drug-likeness (QED) is 0.760. The Morgan fingerprint density at radius 1 is 1.19 bits per heavy atom. The number of pyridine rings is 1. The molecule has 1 N–H and O–H groups in total. The number of nitrogens with zero attached hydrogens (tertiary/aromatic N) is 1. The minimum absolute atomic E-state index is 0.605. The van der Waals surface area contributed by atoms with E-state index in [4.69, 9.17) is 0 Å². The molecule has 0 radical (unpaired) electrons. The van der Waals surface area contributed by atoms with Crippen LogP contribution in [0.25, 0.3) is 0 Å². The highest BCUT2D eigenvalue weighted by Gasteiger charge is 2.19. The van der Waals surface area contributed by atoms with Crippen molar-refractivity contribution in [3.63, 3.8) is 0 Å². The molecule has 1 aliphatic rings. The van der Waals surface area contributed by atoms with Gasteiger partial charge in [-0.1, -0.05) is 52.0 Å². The van der Waals surface area contributed by atoms with Gasteiger partial charge in [-0.25, -0.2) is 0 Å². The molecular weight excluding hydrogens is 256 g/mol. The SMILES string of the molecule is CCCNC(Cc1ccc(CC)cn1)CC1CCCCC1. The Morgan fingerprint density at radius 3 is 2.62 bits per heavy atom. The number of nitrogens with one attached hydrogen (secondary N) is 1. The Labute approximate surface area is 130 Å². The van der Waals surface area contributed by atoms with E-state index in [-0.39, 0.29) is 0 Å². The van der Waals surface area contributed by atoms with Gasteiger partial charge in [0.2, 0.25) is 0 Å². The largest absolute Gasteiger partial charge is 0.314 e. The van der Waals surface area contributed by atoms with Gasteiger partial charge in [-0.3, -0.25) is 4.98 Å². The number of aromatic nitrogens is 1. The third-order valence-electron chi connectivity index (χ3n) is 4.78. The summed E-state index contributed by atoms with van der Waals surface area (Å²) < 4.78 is 0. The molecular formula is C19H32N2. The molecule has 2 rings (SSSR count). The van der Waals surface area contributed by atoms with Crippen molar-refractivity contribution in [3.05, 3.63) is 29.6 Å². The van der Waals surface area contributed by atoms with Gasteiger partial charge in [0.1, 0.15) is 0 Å². The maximum absolute atomic E-state index is 4.65. The zero-order valence-corrected chi connectivity index (χ0v) is 13.9. The Kier molecular flexibility index (Phi) is 7.21. The molecule has 1 saturated carbocycles. The molecule has 1 atom stereocenters. The molecule has 118 valence electrons. The van der Waals surface area contributed by atoms with Crippen molar-refractivity contribution >= 4 is 0 Å². The molecule has 0 spiro atoms. The first-order valence-electron chi connectivity index (χ1n) is 8.99. The summed E-state index contributed by atoms with van der Waals surface area (Å²) in [5.74, 6) is 0.933. The zero-order valence-electron chi connectivity index (χ0n) is 13.9. The molecule has 0 amide bonds. The lowest BCUT2D eigenvalue weighted by Crippen LogP contribution is -2.34. The molecule has 0 bridgehead atoms. The van der Waals surface area contributed by atoms with Gasteiger partial charge in [-0.15, -0.1) is 0 Å². The van der Waals surface area contributed by atoms with Crippen LogP contribution in [-0.2, 0) is 12.8 Å². The van der Waals surface area contributed by atoms with E-state index >= 15 is 0 Å². The molecule has 2 heteroatoms. The second-order valence-electron chi connectivity index (χ2n) is 6.61. The molecule has 0 aliphatic heterocycles. The number of rotatable bonds is 8. The van der Waals surface area contributed by atoms with E-state index in [9.17, 15) is 0 Å². The lowest BCUT2D eigenvalue weighted by Gasteiger charge is -2.27. The second kappa shape index (κ2) is 9.19. The van der Waals surface area contributed by atoms with E-state index in [1.165, 1.54) is 56.2 Å². The topological polar surface area (TPSA) is 24.9 Å². The van der Waals surface area contributed by atoms with Crippen LogP contribution in [0.4, 0.5) is 0 Å². The third-order valence-corrected chi connectivity index (χ3v) is 4.78. The Bertz CT molecular complexity index is 379. The second-order valence-corrected chi connectivity index (χ2v) is 6.61. The summed E-state index contributed by atoms with van der Waals surface area (Å²) in [7, 11) is 0. The average Bonchev–Trinajstić information content (AvgIpc) is 2.54. The summed E-state index contributed by atoms with van der Waals surface area (Å²) in [6.07, 6.45) is 14.0. The van der Waals surface area contributed by atoms with Crippen molar-refractivity contribution in [1.29, 1.82) is 0 Å². The first-order chi connectivity index (χ1) is 10.3. The van der Waals surface area contributed by atoms with Crippen molar-refractivity contribution in [2.45, 2.75) is 77.7 Å². The minimum atomic E-state index is 0.605. The normalized spacial score (nSPS) is 17.8. The summed E-state index contributed by atoms with van der Waals surface area (Å²) in [5, 5.41) is 3.75. The number of hydrogen-bond acceptors (Lipinski definition) is 2. The van der Waals surface area contributed by atoms with E-state index in [0.29, 0.717) is 6.04 Å². The highest BCUT2D eigenvalue weighted by molar-refractivity contribution is 5.14. The summed E-state index contributed by atoms with van der Waals surface area (Å²) in [5.41, 5.74) is 2.58. The van der Waals surface area contributed by atoms with Crippen LogP contribution < -0.4 is 5.32 Å². The smallest absolute Gasteiger partial charge is 0.0419 e. The van der Waals surface area contributed by atoms with Crippen molar-refractivity contribution in [2.75, 3.05) is 6.54 Å². The van der Waals surface area contributed by atoms with Crippen molar-refractivity contribution in [3.8, 4) is 0 Å². The predicted octanol–water partition coefficient (Wildman–Crippen LogP) is 4.53. The van der Waals surface area contributed by atoms with Gasteiger partial charge in [0.15, 0.2) is 0 Å². The van der Waals surface area contributed by atoms with Crippen LogP contribution in [0.2, 0.25) is 0 Å². The Balaban J connectivity index is 1.90. The summed E-state index contributed by atoms with van der Waals surface area (Å²) >= 11 is 0. The van der Waals surface area contributed by atoms with Gasteiger partial charge in [0, 0.05) is 24.4 Å². The van der Waals surface area contributed by atoms with Crippen LogP contribution in [0, 0.1) is 5.92 Å². The molecule has 1 unspecified atom stereocenters. The maximum atomic E-state index is 4.65. The average molecular weight is 288 g/mol. The highest BCUT2D eigenvalue weighted by Crippen LogP contribution is 2.28. The molecule has 2 nitrogen and oxygen atoms in total. The molecule has 1 fully saturated rings. The molecule has 1 aliphatic carbocycles. The monoisotopic (exact) mass is 288 g/mol. The molecule has 1 aromatic heterocycles. The van der Waals surface area contributed by atoms with Crippen LogP contribution in [-0.4, -0.2) is 17.6 Å². The van der Waals surface area contributed by atoms with Crippen LogP contribution >= 0.6 is 0 Å². The first kappa shape index (κ1) is 16.5. The van der Waals surface area contributed by atoms with E-state index in [2.05, 4.69) is 36.3 Å². The van der Waals surface area contributed by atoms with E-state index in [1.807, 2.05) is 6.20 Å². The molecule has 1 aromatic rings. The lowest BCUT2D eigenvalue weighted by atomic mass is 9.84. The summed E-state index contributed by atoms with van der Waals surface area (Å²) in [6.45, 7) is 5.56. The van der Waals surface area contributed by atoms with Crippen molar-refractivity contribution < 1.29 is 0 Å². The number of aryl methyl sites for hydroxylation is 1. The molecule has 0 aromatic carbocycles. The van der Waals surface area contributed by atoms with Crippen molar-refractivity contribution in [1.82, 2.24) is 10.3 Å². The van der Waals surface area contributed by atoms with Gasteiger partial charge >= 0.3 is 0 Å². The first-order valence-corrected chi connectivity index (χ1v) is 8.99. The maximum Gasteiger partial charge on any atom is 0.0419 e. The van der Waals surface area contributed by atoms with E-state index in [0.717, 1.165) is 25.3 Å². The fourth-order valence-corrected chi connectivity index (χ4v) is 3.45. The van der Waals surface area contributed by atoms with Gasteiger partial charge < -0.3 is 5.32 Å². The molecule has 0 saturated heterocycles. The van der Waals surface area contributed by atoms with Crippen molar-refractivity contribution in [2.24, 2.45) is 5.92 Å². The fourth-order valence-electron chi connectivity index (χ4n) is 3.45. The van der Waals surface area contributed by atoms with Crippen LogP contribution in [0.3, 0.4) is 0 Å². The fraction of sp³-hybridized carbons (Fsp3) is 0.737. The van der Waals surface area contributed by atoms with Gasteiger partial charge in [0.05, 0.1) is 0 Å². The van der Waals surface area contributed by atoms with E-state index < -0.39 is 0 Å². The third kappa shape index (κ3) is 5.78. The van der Waals surface area contributed by atoms with Crippen LogP contribution in [0.1, 0.15) is 70.1 Å². The predicted molar refractivity (Wildman–Crippen MR) is 90.6 cm³/mol. The number of hydrogen-bond donors (Lipinski definition) is 1.